The molecular formula is C23H23N7O2. The molecule has 0 radical (unpaired) electrons. The maximum absolute atomic E-state index is 5.67. The number of ether oxygens (including phenoxy) is 1. The van der Waals surface area contributed by atoms with Gasteiger partial charge in [-0.05, 0) is 36.8 Å². The van der Waals surface area contributed by atoms with Crippen LogP contribution in [0.25, 0.3) is 22.6 Å². The van der Waals surface area contributed by atoms with Crippen molar-refractivity contribution >= 4 is 5.95 Å². The number of anilines is 1. The maximum atomic E-state index is 5.67. The maximum Gasteiger partial charge on any atom is 0.261 e. The Kier molecular flexibility index (Phi) is 4.32. The van der Waals surface area contributed by atoms with Crippen molar-refractivity contribution in [3.05, 3.63) is 60.4 Å². The summed E-state index contributed by atoms with van der Waals surface area (Å²) in [4.78, 5) is 13.0. The lowest BCUT2D eigenvalue weighted by atomic mass is 9.77. The summed E-state index contributed by atoms with van der Waals surface area (Å²) in [6, 6.07) is 8.71. The average Bonchev–Trinajstić information content (AvgIpc) is 3.33. The van der Waals surface area contributed by atoms with Gasteiger partial charge >= 0.3 is 0 Å². The molecule has 1 saturated heterocycles. The molecule has 1 aliphatic carbocycles. The Morgan fingerprint density at radius 3 is 2.41 bits per heavy atom. The quantitative estimate of drug-likeness (QED) is 0.496. The van der Waals surface area contributed by atoms with Gasteiger partial charge in [0.15, 0.2) is 5.82 Å². The van der Waals surface area contributed by atoms with E-state index in [1.807, 2.05) is 10.9 Å². The number of hydrogen-bond acceptors (Lipinski definition) is 8. The van der Waals surface area contributed by atoms with E-state index in [0.29, 0.717) is 30.8 Å². The van der Waals surface area contributed by atoms with Crippen molar-refractivity contribution in [3.63, 3.8) is 0 Å². The Morgan fingerprint density at radius 1 is 1.00 bits per heavy atom. The van der Waals surface area contributed by atoms with Gasteiger partial charge in [0, 0.05) is 24.2 Å². The Balaban J connectivity index is 1.31. The summed E-state index contributed by atoms with van der Waals surface area (Å²) in [6.45, 7) is 3.58. The minimum absolute atomic E-state index is 0.270. The van der Waals surface area contributed by atoms with Crippen molar-refractivity contribution in [1.82, 2.24) is 29.9 Å². The van der Waals surface area contributed by atoms with Crippen molar-refractivity contribution in [2.45, 2.75) is 31.2 Å². The van der Waals surface area contributed by atoms with Crippen molar-refractivity contribution < 1.29 is 9.26 Å². The van der Waals surface area contributed by atoms with Gasteiger partial charge in [0.1, 0.15) is 0 Å². The summed E-state index contributed by atoms with van der Waals surface area (Å²) in [5.74, 6) is 1.95. The van der Waals surface area contributed by atoms with Crippen LogP contribution < -0.4 is 5.73 Å². The van der Waals surface area contributed by atoms with Crippen molar-refractivity contribution in [2.75, 3.05) is 18.9 Å². The predicted octanol–water partition coefficient (Wildman–Crippen LogP) is 3.26. The molecule has 2 aliphatic rings. The van der Waals surface area contributed by atoms with Crippen LogP contribution in [0, 0.1) is 5.92 Å². The van der Waals surface area contributed by atoms with Crippen molar-refractivity contribution in [2.24, 2.45) is 5.92 Å². The minimum Gasteiger partial charge on any atom is -0.377 e. The summed E-state index contributed by atoms with van der Waals surface area (Å²) in [5, 5.41) is 8.83. The highest BCUT2D eigenvalue weighted by Gasteiger charge is 2.47. The van der Waals surface area contributed by atoms with Crippen molar-refractivity contribution in [1.29, 1.82) is 0 Å². The monoisotopic (exact) mass is 429 g/mol. The SMILES string of the molecule is C[C@@](c1ccc(-c2cnc(N)nc2)cc1)(c1noc(-c2cnn(C3COC3)c2)n1)C1CC1. The summed E-state index contributed by atoms with van der Waals surface area (Å²) >= 11 is 0. The highest BCUT2D eigenvalue weighted by molar-refractivity contribution is 5.63. The molecule has 162 valence electrons. The molecule has 1 atom stereocenters. The van der Waals surface area contributed by atoms with Crippen LogP contribution in [0.15, 0.2) is 53.6 Å². The highest BCUT2D eigenvalue weighted by atomic mass is 16.5. The van der Waals surface area contributed by atoms with Crippen LogP contribution in [-0.2, 0) is 10.2 Å². The molecule has 32 heavy (non-hydrogen) atoms. The first-order valence-electron chi connectivity index (χ1n) is 10.8. The second-order valence-electron chi connectivity index (χ2n) is 8.71. The van der Waals surface area contributed by atoms with Crippen LogP contribution >= 0.6 is 0 Å². The van der Waals surface area contributed by atoms with Gasteiger partial charge in [0.05, 0.1) is 36.4 Å². The van der Waals surface area contributed by atoms with E-state index in [1.165, 1.54) is 0 Å². The Labute approximate surface area is 184 Å². The molecule has 4 aromatic rings. The lowest BCUT2D eigenvalue weighted by Crippen LogP contribution is -2.30. The molecule has 1 aliphatic heterocycles. The van der Waals surface area contributed by atoms with E-state index in [0.717, 1.165) is 35.1 Å². The van der Waals surface area contributed by atoms with E-state index in [2.05, 4.69) is 51.4 Å². The van der Waals surface area contributed by atoms with E-state index in [-0.39, 0.29) is 17.4 Å². The van der Waals surface area contributed by atoms with Crippen LogP contribution in [0.5, 0.6) is 0 Å². The fourth-order valence-electron chi connectivity index (χ4n) is 4.28. The van der Waals surface area contributed by atoms with Gasteiger partial charge in [-0.2, -0.15) is 10.1 Å². The Hall–Kier alpha value is -3.59. The number of hydrogen-bond donors (Lipinski definition) is 1. The summed E-state index contributed by atoms with van der Waals surface area (Å²) in [7, 11) is 0. The van der Waals surface area contributed by atoms with Gasteiger partial charge in [0.25, 0.3) is 5.89 Å². The summed E-state index contributed by atoms with van der Waals surface area (Å²) in [5.41, 5.74) is 9.23. The Bertz CT molecular complexity index is 1240. The molecular weight excluding hydrogens is 406 g/mol. The zero-order chi connectivity index (χ0) is 21.7. The molecule has 1 saturated carbocycles. The van der Waals surface area contributed by atoms with Crippen LogP contribution in [-0.4, -0.2) is 43.1 Å². The summed E-state index contributed by atoms with van der Waals surface area (Å²) < 4.78 is 12.8. The number of nitrogens with zero attached hydrogens (tertiary/aromatic N) is 6. The fourth-order valence-corrected chi connectivity index (χ4v) is 4.28. The molecule has 0 bridgehead atoms. The van der Waals surface area contributed by atoms with Gasteiger partial charge in [-0.25, -0.2) is 9.97 Å². The zero-order valence-electron chi connectivity index (χ0n) is 17.7. The topological polar surface area (TPSA) is 118 Å². The van der Waals surface area contributed by atoms with Gasteiger partial charge in [-0.15, -0.1) is 0 Å². The van der Waals surface area contributed by atoms with Crippen LogP contribution in [0.1, 0.15) is 37.2 Å². The smallest absolute Gasteiger partial charge is 0.261 e. The average molecular weight is 429 g/mol. The predicted molar refractivity (Wildman–Crippen MR) is 116 cm³/mol. The highest BCUT2D eigenvalue weighted by Crippen LogP contribution is 2.50. The number of benzene rings is 1. The van der Waals surface area contributed by atoms with Gasteiger partial charge < -0.3 is 15.0 Å². The molecule has 1 aromatic carbocycles. The number of nitrogen functional groups attached to an aromatic ring is 1. The van der Waals surface area contributed by atoms with Gasteiger partial charge in [0.2, 0.25) is 5.95 Å². The lowest BCUT2D eigenvalue weighted by molar-refractivity contribution is -0.0286. The first-order valence-corrected chi connectivity index (χ1v) is 10.8. The van der Waals surface area contributed by atoms with E-state index >= 15 is 0 Å². The first kappa shape index (κ1) is 19.1. The fraction of sp³-hybridized carbons (Fsp3) is 0.348. The third-order valence-electron chi connectivity index (χ3n) is 6.62. The molecule has 9 nitrogen and oxygen atoms in total. The van der Waals surface area contributed by atoms with E-state index in [1.54, 1.807) is 18.6 Å². The van der Waals surface area contributed by atoms with E-state index < -0.39 is 0 Å². The van der Waals surface area contributed by atoms with Crippen LogP contribution in [0.4, 0.5) is 5.95 Å². The van der Waals surface area contributed by atoms with Gasteiger partial charge in [-0.1, -0.05) is 29.4 Å². The summed E-state index contributed by atoms with van der Waals surface area (Å²) in [6.07, 6.45) is 9.48. The number of nitrogens with two attached hydrogens (primary N) is 1. The zero-order valence-corrected chi connectivity index (χ0v) is 17.7. The van der Waals surface area contributed by atoms with Crippen LogP contribution in [0.3, 0.4) is 0 Å². The normalized spacial score (nSPS) is 18.3. The third-order valence-corrected chi connectivity index (χ3v) is 6.62. The van der Waals surface area contributed by atoms with Crippen molar-refractivity contribution in [3.8, 4) is 22.6 Å². The second-order valence-corrected chi connectivity index (χ2v) is 8.71. The molecule has 0 unspecified atom stereocenters. The number of rotatable bonds is 6. The molecule has 2 fully saturated rings. The molecule has 0 amide bonds. The molecule has 2 N–H and O–H groups in total. The molecule has 0 spiro atoms. The minimum atomic E-state index is -0.324. The number of aromatic nitrogens is 6. The Morgan fingerprint density at radius 2 is 1.75 bits per heavy atom. The third kappa shape index (κ3) is 3.16. The second kappa shape index (κ2) is 7.23. The molecule has 9 heteroatoms. The van der Waals surface area contributed by atoms with Gasteiger partial charge in [-0.3, -0.25) is 4.68 Å². The van der Waals surface area contributed by atoms with Crippen LogP contribution in [0.2, 0.25) is 0 Å². The lowest BCUT2D eigenvalue weighted by Gasteiger charge is -2.27. The van der Waals surface area contributed by atoms with E-state index in [4.69, 9.17) is 20.0 Å². The molecule has 4 heterocycles. The first-order chi connectivity index (χ1) is 15.6. The molecule has 3 aromatic heterocycles. The largest absolute Gasteiger partial charge is 0.377 e. The van der Waals surface area contributed by atoms with E-state index in [9.17, 15) is 0 Å². The molecule has 6 rings (SSSR count). The standard InChI is InChI=1S/C23H23N7O2/c1-23(18-6-7-18,17-4-2-14(3-5-17)15-8-25-22(24)26-9-15)21-28-20(32-29-21)16-10-27-30(11-16)19-12-31-13-19/h2-5,8-11,18-19H,6-7,12-13H2,1H3,(H2,24,25,26)/t23-/m0/s1.